The Morgan fingerprint density at radius 2 is 2.29 bits per heavy atom. The summed E-state index contributed by atoms with van der Waals surface area (Å²) in [4.78, 5) is 14.1. The van der Waals surface area contributed by atoms with Crippen molar-refractivity contribution in [2.24, 2.45) is 17.0 Å². The van der Waals surface area contributed by atoms with Gasteiger partial charge in [0, 0.05) is 32.0 Å². The first-order chi connectivity index (χ1) is 8.13. The first-order valence-corrected chi connectivity index (χ1v) is 6.24. The largest absolute Gasteiger partial charge is 0.411 e. The van der Waals surface area contributed by atoms with Gasteiger partial charge in [0.05, 0.1) is 5.71 Å². The molecule has 2 fully saturated rings. The Morgan fingerprint density at radius 3 is 2.82 bits per heavy atom. The molecule has 0 spiro atoms. The zero-order chi connectivity index (χ0) is 12.4. The molecule has 5 nitrogen and oxygen atoms in total. The third-order valence-electron chi connectivity index (χ3n) is 3.77. The Kier molecular flexibility index (Phi) is 3.66. The highest BCUT2D eigenvalue weighted by Gasteiger charge is 2.36. The second-order valence-corrected chi connectivity index (χ2v) is 5.08. The highest BCUT2D eigenvalue weighted by molar-refractivity contribution is 5.90. The van der Waals surface area contributed by atoms with Crippen molar-refractivity contribution in [1.29, 1.82) is 0 Å². The van der Waals surface area contributed by atoms with E-state index in [9.17, 15) is 4.79 Å². The van der Waals surface area contributed by atoms with Gasteiger partial charge in [-0.3, -0.25) is 4.79 Å². The van der Waals surface area contributed by atoms with Gasteiger partial charge in [-0.2, -0.15) is 0 Å². The average molecular weight is 240 g/mol. The molecule has 3 atom stereocenters. The smallest absolute Gasteiger partial charge is 0.252 e. The Labute approximate surface area is 101 Å². The van der Waals surface area contributed by atoms with Crippen LogP contribution in [-0.2, 0) is 9.53 Å². The van der Waals surface area contributed by atoms with E-state index in [-0.39, 0.29) is 17.9 Å². The maximum absolute atomic E-state index is 12.2. The quantitative estimate of drug-likeness (QED) is 0.551. The molecule has 1 amide bonds. The third-order valence-corrected chi connectivity index (χ3v) is 3.77. The second kappa shape index (κ2) is 5.04. The first-order valence-electron chi connectivity index (χ1n) is 6.24. The molecule has 5 heteroatoms. The summed E-state index contributed by atoms with van der Waals surface area (Å²) >= 11 is 0. The number of oxime groups is 1. The van der Waals surface area contributed by atoms with Crippen LogP contribution in [0.5, 0.6) is 0 Å². The van der Waals surface area contributed by atoms with Crippen molar-refractivity contribution in [1.82, 2.24) is 4.90 Å². The lowest BCUT2D eigenvalue weighted by Crippen LogP contribution is -2.48. The molecule has 3 unspecified atom stereocenters. The van der Waals surface area contributed by atoms with Crippen molar-refractivity contribution in [3.8, 4) is 0 Å². The molecule has 0 aromatic heterocycles. The van der Waals surface area contributed by atoms with Gasteiger partial charge in [0.1, 0.15) is 6.10 Å². The summed E-state index contributed by atoms with van der Waals surface area (Å²) < 4.78 is 5.50. The minimum Gasteiger partial charge on any atom is -0.411 e. The summed E-state index contributed by atoms with van der Waals surface area (Å²) in [6.07, 6.45) is 1.35. The van der Waals surface area contributed by atoms with Crippen molar-refractivity contribution in [3.63, 3.8) is 0 Å². The normalized spacial score (nSPS) is 36.5. The van der Waals surface area contributed by atoms with E-state index in [1.807, 2.05) is 11.8 Å². The Bertz CT molecular complexity index is 330. The highest BCUT2D eigenvalue weighted by Crippen LogP contribution is 2.24. The van der Waals surface area contributed by atoms with Crippen LogP contribution in [0.1, 0.15) is 26.7 Å². The lowest BCUT2D eigenvalue weighted by molar-refractivity contribution is -0.143. The zero-order valence-electron chi connectivity index (χ0n) is 10.4. The van der Waals surface area contributed by atoms with Gasteiger partial charge in [0.2, 0.25) is 0 Å². The van der Waals surface area contributed by atoms with Gasteiger partial charge < -0.3 is 14.8 Å². The molecule has 0 aromatic rings. The van der Waals surface area contributed by atoms with Crippen LogP contribution in [0, 0.1) is 11.8 Å². The van der Waals surface area contributed by atoms with Gasteiger partial charge in [0.25, 0.3) is 5.91 Å². The van der Waals surface area contributed by atoms with Crippen LogP contribution >= 0.6 is 0 Å². The number of hydrogen-bond donors (Lipinski definition) is 1. The molecular formula is C12H20N2O3. The van der Waals surface area contributed by atoms with E-state index in [2.05, 4.69) is 12.1 Å². The van der Waals surface area contributed by atoms with Crippen LogP contribution < -0.4 is 0 Å². The summed E-state index contributed by atoms with van der Waals surface area (Å²) in [5.74, 6) is 0.541. The van der Waals surface area contributed by atoms with E-state index in [1.54, 1.807) is 0 Å². The van der Waals surface area contributed by atoms with Crippen LogP contribution in [0.15, 0.2) is 5.16 Å². The number of hydrogen-bond acceptors (Lipinski definition) is 4. The fourth-order valence-corrected chi connectivity index (χ4v) is 2.56. The van der Waals surface area contributed by atoms with E-state index in [0.29, 0.717) is 32.0 Å². The van der Waals surface area contributed by atoms with Crippen LogP contribution in [0.4, 0.5) is 0 Å². The van der Waals surface area contributed by atoms with E-state index in [4.69, 9.17) is 9.94 Å². The fourth-order valence-electron chi connectivity index (χ4n) is 2.56. The minimum atomic E-state index is -0.269. The molecule has 2 aliphatic heterocycles. The molecule has 2 rings (SSSR count). The van der Waals surface area contributed by atoms with E-state index < -0.39 is 0 Å². The van der Waals surface area contributed by atoms with Gasteiger partial charge in [0.15, 0.2) is 0 Å². The SMILES string of the molecule is CC1CN(C(=O)C2OCCC2C)CCC1=NO. The summed E-state index contributed by atoms with van der Waals surface area (Å²) in [6.45, 7) is 5.99. The van der Waals surface area contributed by atoms with Crippen LogP contribution in [0.25, 0.3) is 0 Å². The molecule has 0 aliphatic carbocycles. The van der Waals surface area contributed by atoms with Crippen LogP contribution in [0.2, 0.25) is 0 Å². The van der Waals surface area contributed by atoms with Gasteiger partial charge in [-0.15, -0.1) is 0 Å². The topological polar surface area (TPSA) is 62.1 Å². The first kappa shape index (κ1) is 12.4. The minimum absolute atomic E-state index is 0.0961. The summed E-state index contributed by atoms with van der Waals surface area (Å²) in [7, 11) is 0. The number of ether oxygens (including phenoxy) is 1. The number of piperidine rings is 1. The molecular weight excluding hydrogens is 220 g/mol. The Morgan fingerprint density at radius 1 is 1.53 bits per heavy atom. The Balaban J connectivity index is 1.97. The fraction of sp³-hybridized carbons (Fsp3) is 0.833. The monoisotopic (exact) mass is 240 g/mol. The summed E-state index contributed by atoms with van der Waals surface area (Å²) in [6, 6.07) is 0. The van der Waals surface area contributed by atoms with Gasteiger partial charge >= 0.3 is 0 Å². The van der Waals surface area contributed by atoms with Crippen molar-refractivity contribution in [2.75, 3.05) is 19.7 Å². The van der Waals surface area contributed by atoms with Gasteiger partial charge in [-0.1, -0.05) is 19.0 Å². The van der Waals surface area contributed by atoms with E-state index in [1.165, 1.54) is 0 Å². The molecule has 0 bridgehead atoms. The maximum Gasteiger partial charge on any atom is 0.252 e. The number of rotatable bonds is 1. The standard InChI is InChI=1S/C12H20N2O3/c1-8-4-6-17-11(8)12(15)14-5-3-10(13-16)9(2)7-14/h8-9,11,16H,3-7H2,1-2H3. The predicted molar refractivity (Wildman–Crippen MR) is 63.1 cm³/mol. The van der Waals surface area contributed by atoms with Crippen molar-refractivity contribution in [3.05, 3.63) is 0 Å². The van der Waals surface area contributed by atoms with Crippen LogP contribution in [0.3, 0.4) is 0 Å². The number of carbonyl (C=O) groups excluding carboxylic acids is 1. The maximum atomic E-state index is 12.2. The third kappa shape index (κ3) is 2.44. The van der Waals surface area contributed by atoms with Crippen LogP contribution in [-0.4, -0.2) is 47.5 Å². The van der Waals surface area contributed by atoms with E-state index in [0.717, 1.165) is 12.1 Å². The molecule has 0 radical (unpaired) electrons. The lowest BCUT2D eigenvalue weighted by Gasteiger charge is -2.33. The molecule has 1 N–H and O–H groups in total. The molecule has 0 saturated carbocycles. The number of likely N-dealkylation sites (tertiary alicyclic amines) is 1. The van der Waals surface area contributed by atoms with Gasteiger partial charge in [-0.25, -0.2) is 0 Å². The van der Waals surface area contributed by atoms with Gasteiger partial charge in [-0.05, 0) is 12.3 Å². The zero-order valence-corrected chi connectivity index (χ0v) is 10.4. The second-order valence-electron chi connectivity index (χ2n) is 5.08. The Hall–Kier alpha value is -1.10. The summed E-state index contributed by atoms with van der Waals surface area (Å²) in [5, 5.41) is 12.1. The summed E-state index contributed by atoms with van der Waals surface area (Å²) in [5.41, 5.74) is 0.787. The number of nitrogens with zero attached hydrogens (tertiary/aromatic N) is 2. The molecule has 0 aromatic carbocycles. The average Bonchev–Trinajstić information content (AvgIpc) is 2.74. The van der Waals surface area contributed by atoms with Crippen molar-refractivity contribution in [2.45, 2.75) is 32.8 Å². The lowest BCUT2D eigenvalue weighted by atomic mass is 9.96. The van der Waals surface area contributed by atoms with Crippen molar-refractivity contribution >= 4 is 11.6 Å². The molecule has 2 saturated heterocycles. The highest BCUT2D eigenvalue weighted by atomic mass is 16.5. The van der Waals surface area contributed by atoms with Crippen molar-refractivity contribution < 1.29 is 14.7 Å². The predicted octanol–water partition coefficient (Wildman–Crippen LogP) is 1.11. The van der Waals surface area contributed by atoms with E-state index >= 15 is 0 Å². The number of amides is 1. The molecule has 96 valence electrons. The molecule has 17 heavy (non-hydrogen) atoms. The molecule has 2 heterocycles. The number of carbonyl (C=O) groups is 1. The molecule has 2 aliphatic rings.